The molecule has 0 N–H and O–H groups in total. The molecule has 1 atom stereocenters. The molecule has 0 saturated heterocycles. The van der Waals surface area contributed by atoms with Crippen molar-refractivity contribution in [3.63, 3.8) is 0 Å². The number of esters is 1. The quantitative estimate of drug-likeness (QED) is 0.733. The molecule has 4 nitrogen and oxygen atoms in total. The van der Waals surface area contributed by atoms with E-state index in [2.05, 4.69) is 0 Å². The molecule has 0 unspecified atom stereocenters. The van der Waals surface area contributed by atoms with Crippen LogP contribution < -0.4 is 0 Å². The monoisotopic (exact) mass is 297 g/mol. The standard InChI is InChI=1S/C13H22F3NO3/c1-9(8-10(18)20-12(2,3)4)11(19)17(5)7-6-13(14,15)16/h9H,6-8H2,1-5H3/t9-/m0/s1. The molecule has 0 aromatic heterocycles. The van der Waals surface area contributed by atoms with Crippen molar-refractivity contribution in [2.24, 2.45) is 5.92 Å². The lowest BCUT2D eigenvalue weighted by molar-refractivity contribution is -0.159. The second-order valence-electron chi connectivity index (χ2n) is 5.82. The van der Waals surface area contributed by atoms with Crippen LogP contribution in [0.3, 0.4) is 0 Å². The molecule has 20 heavy (non-hydrogen) atoms. The van der Waals surface area contributed by atoms with Crippen LogP contribution in [0.25, 0.3) is 0 Å². The molecule has 0 fully saturated rings. The molecule has 0 heterocycles. The van der Waals surface area contributed by atoms with E-state index in [4.69, 9.17) is 4.74 Å². The van der Waals surface area contributed by atoms with E-state index in [1.54, 1.807) is 20.8 Å². The summed E-state index contributed by atoms with van der Waals surface area (Å²) in [6.07, 6.45) is -5.51. The minimum atomic E-state index is -4.30. The lowest BCUT2D eigenvalue weighted by Gasteiger charge is -2.23. The van der Waals surface area contributed by atoms with Gasteiger partial charge in [0.25, 0.3) is 0 Å². The Balaban J connectivity index is 4.30. The first-order chi connectivity index (χ1) is 8.82. The van der Waals surface area contributed by atoms with Crippen molar-refractivity contribution >= 4 is 11.9 Å². The topological polar surface area (TPSA) is 46.6 Å². The zero-order valence-electron chi connectivity index (χ0n) is 12.5. The number of rotatable bonds is 5. The smallest absolute Gasteiger partial charge is 0.390 e. The van der Waals surface area contributed by atoms with Crippen molar-refractivity contribution in [3.05, 3.63) is 0 Å². The molecule has 0 bridgehead atoms. The van der Waals surface area contributed by atoms with Crippen molar-refractivity contribution in [1.29, 1.82) is 0 Å². The minimum Gasteiger partial charge on any atom is -0.460 e. The number of amides is 1. The van der Waals surface area contributed by atoms with Gasteiger partial charge in [-0.25, -0.2) is 0 Å². The maximum Gasteiger partial charge on any atom is 0.390 e. The van der Waals surface area contributed by atoms with E-state index in [9.17, 15) is 22.8 Å². The van der Waals surface area contributed by atoms with Crippen LogP contribution in [-0.4, -0.2) is 42.1 Å². The summed E-state index contributed by atoms with van der Waals surface area (Å²) in [6.45, 7) is 6.18. The van der Waals surface area contributed by atoms with Gasteiger partial charge in [0.05, 0.1) is 12.8 Å². The average molecular weight is 297 g/mol. The van der Waals surface area contributed by atoms with Crippen LogP contribution in [0.1, 0.15) is 40.5 Å². The first kappa shape index (κ1) is 18.7. The maximum atomic E-state index is 12.1. The highest BCUT2D eigenvalue weighted by Crippen LogP contribution is 2.20. The molecule has 0 saturated carbocycles. The van der Waals surface area contributed by atoms with E-state index < -0.39 is 42.5 Å². The highest BCUT2D eigenvalue weighted by Gasteiger charge is 2.29. The summed E-state index contributed by atoms with van der Waals surface area (Å²) in [5.74, 6) is -1.74. The van der Waals surface area contributed by atoms with Gasteiger partial charge in [-0.15, -0.1) is 0 Å². The Bertz CT molecular complexity index is 348. The van der Waals surface area contributed by atoms with E-state index in [0.29, 0.717) is 0 Å². The van der Waals surface area contributed by atoms with Crippen LogP contribution in [0.4, 0.5) is 13.2 Å². The molecule has 0 rings (SSSR count). The molecule has 0 radical (unpaired) electrons. The number of hydrogen-bond acceptors (Lipinski definition) is 3. The predicted octanol–water partition coefficient (Wildman–Crippen LogP) is 2.77. The van der Waals surface area contributed by atoms with Gasteiger partial charge in [-0.05, 0) is 20.8 Å². The molecule has 0 aliphatic rings. The van der Waals surface area contributed by atoms with Gasteiger partial charge < -0.3 is 9.64 Å². The van der Waals surface area contributed by atoms with Crippen LogP contribution in [0, 0.1) is 5.92 Å². The van der Waals surface area contributed by atoms with Gasteiger partial charge in [-0.3, -0.25) is 9.59 Å². The highest BCUT2D eigenvalue weighted by atomic mass is 19.4. The maximum absolute atomic E-state index is 12.1. The van der Waals surface area contributed by atoms with Gasteiger partial charge in [-0.1, -0.05) is 6.92 Å². The molecule has 1 amide bonds. The Morgan fingerprint density at radius 1 is 1.20 bits per heavy atom. The third-order valence-corrected chi connectivity index (χ3v) is 2.42. The van der Waals surface area contributed by atoms with E-state index in [1.165, 1.54) is 14.0 Å². The fraction of sp³-hybridized carbons (Fsp3) is 0.846. The summed E-state index contributed by atoms with van der Waals surface area (Å²) < 4.78 is 41.3. The van der Waals surface area contributed by atoms with Gasteiger partial charge in [-0.2, -0.15) is 13.2 Å². The third kappa shape index (κ3) is 8.77. The second-order valence-corrected chi connectivity index (χ2v) is 5.82. The Hall–Kier alpha value is -1.27. The van der Waals surface area contributed by atoms with Crippen molar-refractivity contribution in [2.75, 3.05) is 13.6 Å². The van der Waals surface area contributed by atoms with E-state index >= 15 is 0 Å². The van der Waals surface area contributed by atoms with E-state index in [-0.39, 0.29) is 6.42 Å². The van der Waals surface area contributed by atoms with Gasteiger partial charge in [0.15, 0.2) is 0 Å². The van der Waals surface area contributed by atoms with Crippen LogP contribution in [0.5, 0.6) is 0 Å². The molecule has 7 heteroatoms. The number of nitrogens with zero attached hydrogens (tertiary/aromatic N) is 1. The van der Waals surface area contributed by atoms with Crippen LogP contribution in [-0.2, 0) is 14.3 Å². The molecule has 0 aliphatic heterocycles. The molecule has 0 spiro atoms. The number of hydrogen-bond donors (Lipinski definition) is 0. The van der Waals surface area contributed by atoms with Gasteiger partial charge in [0.1, 0.15) is 5.60 Å². The van der Waals surface area contributed by atoms with Crippen molar-refractivity contribution < 1.29 is 27.5 Å². The minimum absolute atomic E-state index is 0.146. The lowest BCUT2D eigenvalue weighted by Crippen LogP contribution is -2.36. The van der Waals surface area contributed by atoms with Crippen molar-refractivity contribution in [1.82, 2.24) is 4.90 Å². The summed E-state index contributed by atoms with van der Waals surface area (Å²) in [5, 5.41) is 0. The zero-order chi connectivity index (χ0) is 16.1. The van der Waals surface area contributed by atoms with E-state index in [0.717, 1.165) is 4.90 Å². The van der Waals surface area contributed by atoms with Gasteiger partial charge >= 0.3 is 12.1 Å². The fourth-order valence-corrected chi connectivity index (χ4v) is 1.50. The Kier molecular flexibility index (Phi) is 6.50. The Morgan fingerprint density at radius 2 is 1.70 bits per heavy atom. The summed E-state index contributed by atoms with van der Waals surface area (Å²) in [7, 11) is 1.29. The Morgan fingerprint density at radius 3 is 2.10 bits per heavy atom. The summed E-state index contributed by atoms with van der Waals surface area (Å²) >= 11 is 0. The zero-order valence-corrected chi connectivity index (χ0v) is 12.5. The van der Waals surface area contributed by atoms with Crippen molar-refractivity contribution in [3.8, 4) is 0 Å². The molecule has 0 aromatic rings. The van der Waals surface area contributed by atoms with Crippen LogP contribution in [0.2, 0.25) is 0 Å². The number of alkyl halides is 3. The van der Waals surface area contributed by atoms with E-state index in [1.807, 2.05) is 0 Å². The van der Waals surface area contributed by atoms with Gasteiger partial charge in [0.2, 0.25) is 5.91 Å². The largest absolute Gasteiger partial charge is 0.460 e. The summed E-state index contributed by atoms with van der Waals surface area (Å²) in [5.41, 5.74) is -0.651. The molecule has 0 aromatic carbocycles. The van der Waals surface area contributed by atoms with Crippen molar-refractivity contribution in [2.45, 2.75) is 52.3 Å². The first-order valence-electron chi connectivity index (χ1n) is 6.35. The molecular formula is C13H22F3NO3. The normalized spacial score (nSPS) is 13.8. The number of ether oxygens (including phenoxy) is 1. The van der Waals surface area contributed by atoms with Crippen LogP contribution >= 0.6 is 0 Å². The second kappa shape index (κ2) is 6.95. The Labute approximate surface area is 117 Å². The summed E-state index contributed by atoms with van der Waals surface area (Å²) in [4.78, 5) is 24.3. The average Bonchev–Trinajstić information content (AvgIpc) is 2.20. The third-order valence-electron chi connectivity index (χ3n) is 2.42. The highest BCUT2D eigenvalue weighted by molar-refractivity contribution is 5.83. The molecule has 0 aliphatic carbocycles. The fourth-order valence-electron chi connectivity index (χ4n) is 1.50. The molecular weight excluding hydrogens is 275 g/mol. The number of carbonyl (C=O) groups excluding carboxylic acids is 2. The van der Waals surface area contributed by atoms with Crippen LogP contribution in [0.15, 0.2) is 0 Å². The predicted molar refractivity (Wildman–Crippen MR) is 67.9 cm³/mol. The lowest BCUT2D eigenvalue weighted by atomic mass is 10.1. The SMILES string of the molecule is C[C@@H](CC(=O)OC(C)(C)C)C(=O)N(C)CCC(F)(F)F. The summed E-state index contributed by atoms with van der Waals surface area (Å²) in [6, 6.07) is 0. The van der Waals surface area contributed by atoms with Gasteiger partial charge in [0, 0.05) is 19.5 Å². The number of carbonyl (C=O) groups is 2. The number of halogens is 3. The molecule has 118 valence electrons. The first-order valence-corrected chi connectivity index (χ1v) is 6.35.